The summed E-state index contributed by atoms with van der Waals surface area (Å²) in [4.78, 5) is 23.1. The number of rotatable bonds is 5. The second kappa shape index (κ2) is 7.20. The molecule has 110 valence electrons. The van der Waals surface area contributed by atoms with E-state index in [9.17, 15) is 14.0 Å². The van der Waals surface area contributed by atoms with E-state index in [4.69, 9.17) is 9.84 Å². The van der Waals surface area contributed by atoms with Crippen LogP contribution in [0.3, 0.4) is 0 Å². The zero-order valence-corrected chi connectivity index (χ0v) is 12.4. The van der Waals surface area contributed by atoms with E-state index in [1.807, 2.05) is 0 Å². The Morgan fingerprint density at radius 3 is 2.55 bits per heavy atom. The van der Waals surface area contributed by atoms with E-state index in [1.54, 1.807) is 0 Å². The van der Waals surface area contributed by atoms with Crippen molar-refractivity contribution in [2.24, 2.45) is 0 Å². The normalized spacial score (nSPS) is 11.7. The van der Waals surface area contributed by atoms with Crippen LogP contribution in [0.25, 0.3) is 0 Å². The van der Waals surface area contributed by atoms with Crippen molar-refractivity contribution in [2.75, 3.05) is 20.8 Å². The third-order valence-corrected chi connectivity index (χ3v) is 3.03. The summed E-state index contributed by atoms with van der Waals surface area (Å²) in [6.07, 6.45) is 0. The van der Waals surface area contributed by atoms with Gasteiger partial charge in [-0.15, -0.1) is 0 Å². The van der Waals surface area contributed by atoms with Crippen LogP contribution in [0, 0.1) is 5.82 Å². The van der Waals surface area contributed by atoms with Crippen molar-refractivity contribution >= 4 is 27.8 Å². The van der Waals surface area contributed by atoms with E-state index >= 15 is 0 Å². The van der Waals surface area contributed by atoms with Crippen LogP contribution in [0.5, 0.6) is 5.75 Å². The molecule has 1 aromatic rings. The highest BCUT2D eigenvalue weighted by atomic mass is 79.9. The summed E-state index contributed by atoms with van der Waals surface area (Å²) in [5.41, 5.74) is -0.0301. The first kappa shape index (κ1) is 16.4. The van der Waals surface area contributed by atoms with Crippen molar-refractivity contribution in [1.29, 1.82) is 0 Å². The number of benzene rings is 1. The van der Waals surface area contributed by atoms with Crippen LogP contribution in [-0.4, -0.2) is 43.9 Å². The smallest absolute Gasteiger partial charge is 0.330 e. The summed E-state index contributed by atoms with van der Waals surface area (Å²) >= 11 is 3.07. The number of methoxy groups -OCH3 is 2. The van der Waals surface area contributed by atoms with E-state index in [0.717, 1.165) is 13.2 Å². The highest BCUT2D eigenvalue weighted by molar-refractivity contribution is 9.10. The average molecular weight is 350 g/mol. The molecule has 0 aromatic heterocycles. The molecule has 0 spiro atoms. The summed E-state index contributed by atoms with van der Waals surface area (Å²) < 4.78 is 23.1. The van der Waals surface area contributed by atoms with E-state index in [-0.39, 0.29) is 15.8 Å². The van der Waals surface area contributed by atoms with Crippen LogP contribution in [0.1, 0.15) is 10.4 Å². The Kier molecular flexibility index (Phi) is 5.90. The van der Waals surface area contributed by atoms with Gasteiger partial charge < -0.3 is 19.9 Å². The Bertz CT molecular complexity index is 500. The predicted octanol–water partition coefficient (Wildman–Crippen LogP) is 0.860. The predicted molar refractivity (Wildman–Crippen MR) is 71.0 cm³/mol. The number of ether oxygens (including phenoxy) is 2. The number of hydrogen-bond acceptors (Lipinski definition) is 5. The third-order valence-electron chi connectivity index (χ3n) is 2.44. The second-order valence-corrected chi connectivity index (χ2v) is 4.56. The van der Waals surface area contributed by atoms with Crippen molar-refractivity contribution < 1.29 is 28.6 Å². The second-order valence-electron chi connectivity index (χ2n) is 3.70. The lowest BCUT2D eigenvalue weighted by Crippen LogP contribution is -2.44. The molecule has 20 heavy (non-hydrogen) atoms. The fourth-order valence-corrected chi connectivity index (χ4v) is 2.05. The van der Waals surface area contributed by atoms with Gasteiger partial charge in [-0.25, -0.2) is 9.18 Å². The van der Waals surface area contributed by atoms with E-state index < -0.39 is 30.3 Å². The maximum Gasteiger partial charge on any atom is 0.330 e. The Labute approximate surface area is 123 Å². The molecular weight excluding hydrogens is 337 g/mol. The number of hydrogen-bond donors (Lipinski definition) is 2. The molecule has 0 aliphatic rings. The van der Waals surface area contributed by atoms with Crippen LogP contribution >= 0.6 is 15.9 Å². The molecule has 1 amide bonds. The van der Waals surface area contributed by atoms with Crippen LogP contribution in [0.15, 0.2) is 16.6 Å². The molecule has 2 N–H and O–H groups in total. The molecular formula is C12H13BrFNO5. The highest BCUT2D eigenvalue weighted by Gasteiger charge is 2.22. The van der Waals surface area contributed by atoms with Crippen molar-refractivity contribution in [3.63, 3.8) is 0 Å². The topological polar surface area (TPSA) is 84.9 Å². The zero-order chi connectivity index (χ0) is 15.3. The quantitative estimate of drug-likeness (QED) is 0.770. The number of carbonyl (C=O) groups excluding carboxylic acids is 2. The van der Waals surface area contributed by atoms with Gasteiger partial charge in [0.15, 0.2) is 17.6 Å². The maximum absolute atomic E-state index is 13.6. The van der Waals surface area contributed by atoms with Crippen LogP contribution < -0.4 is 10.1 Å². The molecule has 0 aliphatic heterocycles. The zero-order valence-electron chi connectivity index (χ0n) is 10.8. The fourth-order valence-electron chi connectivity index (χ4n) is 1.45. The van der Waals surface area contributed by atoms with Gasteiger partial charge in [-0.1, -0.05) is 0 Å². The van der Waals surface area contributed by atoms with E-state index in [2.05, 4.69) is 26.0 Å². The molecule has 0 aliphatic carbocycles. The molecule has 0 saturated heterocycles. The molecule has 6 nitrogen and oxygen atoms in total. The van der Waals surface area contributed by atoms with Crippen molar-refractivity contribution in [3.8, 4) is 5.75 Å². The third kappa shape index (κ3) is 3.67. The van der Waals surface area contributed by atoms with E-state index in [1.165, 1.54) is 13.2 Å². The van der Waals surface area contributed by atoms with Gasteiger partial charge in [-0.2, -0.15) is 0 Å². The minimum absolute atomic E-state index is 0.0301. The molecule has 0 unspecified atom stereocenters. The molecule has 1 rings (SSSR count). The molecule has 0 bridgehead atoms. The number of aliphatic hydroxyl groups is 1. The first-order chi connectivity index (χ1) is 9.44. The van der Waals surface area contributed by atoms with Gasteiger partial charge >= 0.3 is 5.97 Å². The first-order valence-corrected chi connectivity index (χ1v) is 6.26. The summed E-state index contributed by atoms with van der Waals surface area (Å²) in [7, 11) is 2.42. The minimum Gasteiger partial charge on any atom is -0.492 e. The van der Waals surface area contributed by atoms with Gasteiger partial charge in [0.25, 0.3) is 5.91 Å². The minimum atomic E-state index is -1.21. The van der Waals surface area contributed by atoms with E-state index in [0.29, 0.717) is 0 Å². The van der Waals surface area contributed by atoms with Gasteiger partial charge in [0.2, 0.25) is 0 Å². The van der Waals surface area contributed by atoms with Crippen LogP contribution in [0.2, 0.25) is 0 Å². The molecule has 8 heteroatoms. The number of carbonyl (C=O) groups is 2. The monoisotopic (exact) mass is 349 g/mol. The van der Waals surface area contributed by atoms with Crippen molar-refractivity contribution in [2.45, 2.75) is 6.04 Å². The Morgan fingerprint density at radius 1 is 1.45 bits per heavy atom. The molecule has 0 saturated carbocycles. The van der Waals surface area contributed by atoms with Gasteiger partial charge in [0.1, 0.15) is 0 Å². The number of esters is 1. The number of amides is 1. The maximum atomic E-state index is 13.6. The Balaban J connectivity index is 2.95. The lowest BCUT2D eigenvalue weighted by atomic mass is 10.2. The van der Waals surface area contributed by atoms with Gasteiger partial charge in [0, 0.05) is 5.56 Å². The molecule has 0 heterocycles. The number of halogens is 2. The highest BCUT2D eigenvalue weighted by Crippen LogP contribution is 2.29. The van der Waals surface area contributed by atoms with Gasteiger partial charge in [0.05, 0.1) is 25.3 Å². The van der Waals surface area contributed by atoms with Gasteiger partial charge in [-0.3, -0.25) is 4.79 Å². The SMILES string of the molecule is COC(=O)[C@@H](CO)NC(=O)c1cc(F)c(OC)c(Br)c1. The summed E-state index contributed by atoms with van der Waals surface area (Å²) in [6.45, 7) is -0.627. The lowest BCUT2D eigenvalue weighted by molar-refractivity contribution is -0.143. The largest absolute Gasteiger partial charge is 0.492 e. The van der Waals surface area contributed by atoms with Crippen LogP contribution in [-0.2, 0) is 9.53 Å². The Morgan fingerprint density at radius 2 is 2.10 bits per heavy atom. The molecule has 0 radical (unpaired) electrons. The summed E-state index contributed by atoms with van der Waals surface area (Å²) in [6, 6.07) is 1.09. The van der Waals surface area contributed by atoms with Crippen molar-refractivity contribution in [3.05, 3.63) is 28.0 Å². The van der Waals surface area contributed by atoms with Crippen LogP contribution in [0.4, 0.5) is 4.39 Å². The van der Waals surface area contributed by atoms with Crippen molar-refractivity contribution in [1.82, 2.24) is 5.32 Å². The number of aliphatic hydroxyl groups excluding tert-OH is 1. The van der Waals surface area contributed by atoms with Gasteiger partial charge in [-0.05, 0) is 28.1 Å². The molecule has 1 atom stereocenters. The average Bonchev–Trinajstić information content (AvgIpc) is 2.43. The summed E-state index contributed by atoms with van der Waals surface area (Å²) in [5.74, 6) is -2.29. The summed E-state index contributed by atoms with van der Waals surface area (Å²) in [5, 5.41) is 11.2. The molecule has 1 aromatic carbocycles. The molecule has 0 fully saturated rings. The Hall–Kier alpha value is -1.67. The fraction of sp³-hybridized carbons (Fsp3) is 0.333. The number of nitrogens with one attached hydrogen (secondary N) is 1. The standard InChI is InChI=1S/C12H13BrFNO5/c1-19-10-7(13)3-6(4-8(10)14)11(17)15-9(5-16)12(18)20-2/h3-4,9,16H,5H2,1-2H3,(H,15,17)/t9-/m1/s1. The first-order valence-electron chi connectivity index (χ1n) is 5.47. The lowest BCUT2D eigenvalue weighted by Gasteiger charge is -2.14.